The molecule has 3 aromatic carbocycles. The second-order valence-electron chi connectivity index (χ2n) is 7.12. The SMILES string of the molecule is CCO.O=C(O)[C@H](O)c1ccccc1.c1ccc(CNC2CCc3ccccc32)cc1. The molecule has 0 aliphatic heterocycles. The van der Waals surface area contributed by atoms with Crippen molar-refractivity contribution in [3.05, 3.63) is 107 Å². The van der Waals surface area contributed by atoms with Crippen LogP contribution in [0.1, 0.15) is 47.7 Å². The molecule has 1 aliphatic carbocycles. The normalized spacial score (nSPS) is 14.9. The summed E-state index contributed by atoms with van der Waals surface area (Å²) >= 11 is 0. The van der Waals surface area contributed by atoms with Gasteiger partial charge in [0.05, 0.1) is 0 Å². The van der Waals surface area contributed by atoms with Crippen molar-refractivity contribution in [2.75, 3.05) is 6.61 Å². The Hall–Kier alpha value is -2.99. The van der Waals surface area contributed by atoms with E-state index in [9.17, 15) is 4.79 Å². The molecule has 0 spiro atoms. The molecule has 0 aromatic heterocycles. The summed E-state index contributed by atoms with van der Waals surface area (Å²) in [7, 11) is 0. The Kier molecular flexibility index (Phi) is 10.4. The van der Waals surface area contributed by atoms with Gasteiger partial charge in [-0.1, -0.05) is 84.9 Å². The minimum Gasteiger partial charge on any atom is -0.479 e. The Labute approximate surface area is 184 Å². The van der Waals surface area contributed by atoms with E-state index in [1.807, 2.05) is 0 Å². The number of aliphatic hydroxyl groups is 2. The molecule has 31 heavy (non-hydrogen) atoms. The maximum atomic E-state index is 10.2. The maximum absolute atomic E-state index is 10.2. The van der Waals surface area contributed by atoms with Crippen LogP contribution in [0, 0.1) is 0 Å². The fourth-order valence-electron chi connectivity index (χ4n) is 3.38. The van der Waals surface area contributed by atoms with Crippen LogP contribution >= 0.6 is 0 Å². The zero-order valence-corrected chi connectivity index (χ0v) is 17.8. The monoisotopic (exact) mass is 421 g/mol. The van der Waals surface area contributed by atoms with Crippen molar-refractivity contribution in [1.29, 1.82) is 0 Å². The Bertz CT molecular complexity index is 900. The highest BCUT2D eigenvalue weighted by Crippen LogP contribution is 2.30. The lowest BCUT2D eigenvalue weighted by Crippen LogP contribution is -2.18. The van der Waals surface area contributed by atoms with Crippen molar-refractivity contribution in [3.63, 3.8) is 0 Å². The van der Waals surface area contributed by atoms with Crippen LogP contribution in [0.4, 0.5) is 0 Å². The third-order valence-corrected chi connectivity index (χ3v) is 4.88. The lowest BCUT2D eigenvalue weighted by atomic mass is 10.1. The average molecular weight is 422 g/mol. The van der Waals surface area contributed by atoms with Gasteiger partial charge in [-0.25, -0.2) is 4.79 Å². The van der Waals surface area contributed by atoms with Crippen molar-refractivity contribution < 1.29 is 20.1 Å². The highest BCUT2D eigenvalue weighted by molar-refractivity contribution is 5.73. The molecule has 164 valence electrons. The van der Waals surface area contributed by atoms with Crippen molar-refractivity contribution in [1.82, 2.24) is 5.32 Å². The van der Waals surface area contributed by atoms with Gasteiger partial charge in [-0.2, -0.15) is 0 Å². The van der Waals surface area contributed by atoms with Gasteiger partial charge in [0.15, 0.2) is 6.10 Å². The minimum atomic E-state index is -1.41. The molecular formula is C26H31NO4. The van der Waals surface area contributed by atoms with Crippen LogP contribution in [0.5, 0.6) is 0 Å². The van der Waals surface area contributed by atoms with Crippen LogP contribution in [-0.2, 0) is 17.8 Å². The molecule has 4 N–H and O–H groups in total. The molecule has 0 radical (unpaired) electrons. The predicted molar refractivity (Wildman–Crippen MR) is 123 cm³/mol. The molecule has 0 heterocycles. The molecule has 0 saturated carbocycles. The van der Waals surface area contributed by atoms with Crippen LogP contribution in [-0.4, -0.2) is 27.9 Å². The molecule has 1 unspecified atom stereocenters. The molecule has 5 nitrogen and oxygen atoms in total. The van der Waals surface area contributed by atoms with Gasteiger partial charge < -0.3 is 20.6 Å². The number of rotatable bonds is 5. The van der Waals surface area contributed by atoms with Crippen molar-refractivity contribution in [2.45, 2.75) is 38.5 Å². The predicted octanol–water partition coefficient (Wildman–Crippen LogP) is 4.27. The highest BCUT2D eigenvalue weighted by atomic mass is 16.4. The van der Waals surface area contributed by atoms with Crippen LogP contribution in [0.2, 0.25) is 0 Å². The number of hydrogen-bond acceptors (Lipinski definition) is 4. The molecule has 2 atom stereocenters. The van der Waals surface area contributed by atoms with Gasteiger partial charge in [0.2, 0.25) is 0 Å². The Morgan fingerprint density at radius 3 is 2.13 bits per heavy atom. The van der Waals surface area contributed by atoms with E-state index in [0.717, 1.165) is 6.54 Å². The molecule has 0 fully saturated rings. The lowest BCUT2D eigenvalue weighted by Gasteiger charge is -2.13. The number of hydrogen-bond donors (Lipinski definition) is 4. The fraction of sp³-hybridized carbons (Fsp3) is 0.269. The van der Waals surface area contributed by atoms with Crippen molar-refractivity contribution >= 4 is 5.97 Å². The number of benzene rings is 3. The maximum Gasteiger partial charge on any atom is 0.337 e. The molecule has 5 heteroatoms. The number of carboxylic acid groups (broad SMARTS) is 1. The van der Waals surface area contributed by atoms with Crippen LogP contribution in [0.25, 0.3) is 0 Å². The first-order valence-electron chi connectivity index (χ1n) is 10.5. The third kappa shape index (κ3) is 7.98. The van der Waals surface area contributed by atoms with E-state index >= 15 is 0 Å². The summed E-state index contributed by atoms with van der Waals surface area (Å²) in [5.41, 5.74) is 4.76. The molecular weight excluding hydrogens is 390 g/mol. The zero-order chi connectivity index (χ0) is 22.5. The van der Waals surface area contributed by atoms with Gasteiger partial charge in [0.1, 0.15) is 0 Å². The van der Waals surface area contributed by atoms with E-state index in [1.54, 1.807) is 37.3 Å². The second-order valence-corrected chi connectivity index (χ2v) is 7.12. The second kappa shape index (κ2) is 13.3. The van der Waals surface area contributed by atoms with Crippen LogP contribution in [0.15, 0.2) is 84.9 Å². The Balaban J connectivity index is 0.000000211. The highest BCUT2D eigenvalue weighted by Gasteiger charge is 2.20. The topological polar surface area (TPSA) is 89.8 Å². The first-order chi connectivity index (χ1) is 15.1. The summed E-state index contributed by atoms with van der Waals surface area (Å²) in [6.07, 6.45) is 1.03. The average Bonchev–Trinajstić information content (AvgIpc) is 3.22. The Morgan fingerprint density at radius 1 is 0.968 bits per heavy atom. The molecule has 0 saturated heterocycles. The quantitative estimate of drug-likeness (QED) is 0.494. The number of carboxylic acids is 1. The molecule has 3 aromatic rings. The van der Waals surface area contributed by atoms with Gasteiger partial charge in [-0.15, -0.1) is 0 Å². The van der Waals surface area contributed by atoms with Crippen molar-refractivity contribution in [3.8, 4) is 0 Å². The molecule has 1 aliphatic rings. The largest absolute Gasteiger partial charge is 0.479 e. The zero-order valence-electron chi connectivity index (χ0n) is 17.8. The molecule has 0 bridgehead atoms. The lowest BCUT2D eigenvalue weighted by molar-refractivity contribution is -0.146. The van der Waals surface area contributed by atoms with Crippen LogP contribution < -0.4 is 5.32 Å². The number of aliphatic carboxylic acids is 1. The number of aliphatic hydroxyl groups excluding tert-OH is 2. The first-order valence-corrected chi connectivity index (χ1v) is 10.5. The molecule has 0 amide bonds. The molecule has 4 rings (SSSR count). The number of carbonyl (C=O) groups is 1. The van der Waals surface area contributed by atoms with Gasteiger partial charge in [0, 0.05) is 19.2 Å². The third-order valence-electron chi connectivity index (χ3n) is 4.88. The van der Waals surface area contributed by atoms with Gasteiger partial charge >= 0.3 is 5.97 Å². The summed E-state index contributed by atoms with van der Waals surface area (Å²) in [5, 5.41) is 28.6. The van der Waals surface area contributed by atoms with E-state index in [4.69, 9.17) is 15.3 Å². The summed E-state index contributed by atoms with van der Waals surface area (Å²) in [6.45, 7) is 2.89. The van der Waals surface area contributed by atoms with Gasteiger partial charge in [0.25, 0.3) is 0 Å². The summed E-state index contributed by atoms with van der Waals surface area (Å²) in [5.74, 6) is -1.23. The summed E-state index contributed by atoms with van der Waals surface area (Å²) < 4.78 is 0. The fourth-order valence-corrected chi connectivity index (χ4v) is 3.38. The van der Waals surface area contributed by atoms with E-state index in [1.165, 1.54) is 29.5 Å². The smallest absolute Gasteiger partial charge is 0.337 e. The van der Waals surface area contributed by atoms with E-state index < -0.39 is 12.1 Å². The number of fused-ring (bicyclic) bond motifs is 1. The van der Waals surface area contributed by atoms with E-state index in [2.05, 4.69) is 59.9 Å². The standard InChI is InChI=1S/C16H17N.C8H8O3.C2H6O/c1-2-6-13(7-3-1)12-17-16-11-10-14-8-4-5-9-15(14)16;9-7(8(10)11)6-4-2-1-3-5-6;1-2-3/h1-9,16-17H,10-12H2;1-5,7,9H,(H,10,11);3H,2H2,1H3/t;7-;/m.1./s1. The first kappa shape index (κ1) is 24.3. The van der Waals surface area contributed by atoms with E-state index in [-0.39, 0.29) is 6.61 Å². The van der Waals surface area contributed by atoms with E-state index in [0.29, 0.717) is 11.6 Å². The van der Waals surface area contributed by atoms with Gasteiger partial charge in [-0.3, -0.25) is 0 Å². The van der Waals surface area contributed by atoms with Crippen molar-refractivity contribution in [2.24, 2.45) is 0 Å². The summed E-state index contributed by atoms with van der Waals surface area (Å²) in [4.78, 5) is 10.2. The Morgan fingerprint density at radius 2 is 1.52 bits per heavy atom. The van der Waals surface area contributed by atoms with Crippen LogP contribution in [0.3, 0.4) is 0 Å². The number of nitrogens with one attached hydrogen (secondary N) is 1. The minimum absolute atomic E-state index is 0.250. The summed E-state index contributed by atoms with van der Waals surface area (Å²) in [6, 6.07) is 28.2. The number of aryl methyl sites for hydroxylation is 1. The van der Waals surface area contributed by atoms with Gasteiger partial charge in [-0.05, 0) is 42.0 Å².